The van der Waals surface area contributed by atoms with Crippen molar-refractivity contribution in [2.24, 2.45) is 5.92 Å². The molecule has 0 bridgehead atoms. The number of rotatable bonds is 2. The summed E-state index contributed by atoms with van der Waals surface area (Å²) in [5.41, 5.74) is 0.507. The highest BCUT2D eigenvalue weighted by atomic mass is 15.3. The van der Waals surface area contributed by atoms with Crippen LogP contribution in [0.25, 0.3) is 0 Å². The Bertz CT molecular complexity index is 219. The molecule has 1 aliphatic carbocycles. The Hall–Kier alpha value is -0.0800. The Kier molecular flexibility index (Phi) is 3.91. The zero-order valence-electron chi connectivity index (χ0n) is 11.3. The second-order valence-electron chi connectivity index (χ2n) is 6.31. The quantitative estimate of drug-likeness (QED) is 0.776. The molecule has 94 valence electrons. The van der Waals surface area contributed by atoms with Crippen molar-refractivity contribution in [3.63, 3.8) is 0 Å². The van der Waals surface area contributed by atoms with Gasteiger partial charge >= 0.3 is 0 Å². The van der Waals surface area contributed by atoms with Gasteiger partial charge in [-0.15, -0.1) is 0 Å². The van der Waals surface area contributed by atoms with E-state index in [-0.39, 0.29) is 0 Å². The number of nitrogens with zero attached hydrogens (tertiary/aromatic N) is 1. The van der Waals surface area contributed by atoms with Crippen LogP contribution in [0.15, 0.2) is 0 Å². The van der Waals surface area contributed by atoms with Gasteiger partial charge in [0.15, 0.2) is 0 Å². The first-order valence-electron chi connectivity index (χ1n) is 7.10. The topological polar surface area (TPSA) is 15.3 Å². The Balaban J connectivity index is 1.97. The van der Waals surface area contributed by atoms with E-state index in [2.05, 4.69) is 31.0 Å². The van der Waals surface area contributed by atoms with E-state index in [1.54, 1.807) is 0 Å². The van der Waals surface area contributed by atoms with Crippen molar-refractivity contribution < 1.29 is 0 Å². The maximum atomic E-state index is 3.66. The van der Waals surface area contributed by atoms with Gasteiger partial charge in [-0.1, -0.05) is 33.1 Å². The van der Waals surface area contributed by atoms with Gasteiger partial charge in [-0.05, 0) is 25.7 Å². The highest BCUT2D eigenvalue weighted by Gasteiger charge is 2.36. The number of piperazine rings is 1. The Morgan fingerprint density at radius 1 is 1.19 bits per heavy atom. The van der Waals surface area contributed by atoms with Crippen LogP contribution in [-0.2, 0) is 0 Å². The van der Waals surface area contributed by atoms with Gasteiger partial charge < -0.3 is 5.32 Å². The molecule has 1 N–H and O–H groups in total. The van der Waals surface area contributed by atoms with Gasteiger partial charge in [-0.25, -0.2) is 0 Å². The van der Waals surface area contributed by atoms with Gasteiger partial charge in [-0.2, -0.15) is 0 Å². The maximum absolute atomic E-state index is 3.66. The number of hydrogen-bond donors (Lipinski definition) is 1. The van der Waals surface area contributed by atoms with Crippen molar-refractivity contribution in [1.82, 2.24) is 10.2 Å². The molecule has 2 nitrogen and oxygen atoms in total. The van der Waals surface area contributed by atoms with Crippen molar-refractivity contribution in [3.05, 3.63) is 0 Å². The van der Waals surface area contributed by atoms with Gasteiger partial charge in [0.25, 0.3) is 0 Å². The summed E-state index contributed by atoms with van der Waals surface area (Å²) in [6, 6.07) is 0.701. The molecule has 1 aliphatic heterocycles. The summed E-state index contributed by atoms with van der Waals surface area (Å²) in [5.74, 6) is 0.759. The molecular formula is C14H28N2. The molecule has 1 unspecified atom stereocenters. The lowest BCUT2D eigenvalue weighted by Gasteiger charge is -2.48. The van der Waals surface area contributed by atoms with E-state index < -0.39 is 0 Å². The van der Waals surface area contributed by atoms with E-state index in [1.807, 2.05) is 0 Å². The predicted molar refractivity (Wildman–Crippen MR) is 69.7 cm³/mol. The summed E-state index contributed by atoms with van der Waals surface area (Å²) < 4.78 is 0. The Labute approximate surface area is 101 Å². The summed E-state index contributed by atoms with van der Waals surface area (Å²) in [6.45, 7) is 10.9. The Morgan fingerprint density at radius 3 is 2.50 bits per heavy atom. The normalized spacial score (nSPS) is 31.9. The third-order valence-corrected chi connectivity index (χ3v) is 4.70. The van der Waals surface area contributed by atoms with E-state index in [1.165, 1.54) is 51.7 Å². The van der Waals surface area contributed by atoms with E-state index in [4.69, 9.17) is 0 Å². The number of nitrogens with one attached hydrogen (secondary N) is 1. The summed E-state index contributed by atoms with van der Waals surface area (Å²) in [4.78, 5) is 2.77. The summed E-state index contributed by atoms with van der Waals surface area (Å²) in [5, 5.41) is 3.66. The molecule has 1 saturated heterocycles. The lowest BCUT2D eigenvalue weighted by atomic mass is 9.81. The van der Waals surface area contributed by atoms with Crippen molar-refractivity contribution in [2.45, 2.75) is 64.5 Å². The fraction of sp³-hybridized carbons (Fsp3) is 1.00. The molecule has 0 aromatic heterocycles. The monoisotopic (exact) mass is 224 g/mol. The first kappa shape index (κ1) is 12.4. The summed E-state index contributed by atoms with van der Waals surface area (Å²) >= 11 is 0. The largest absolute Gasteiger partial charge is 0.311 e. The zero-order chi connectivity index (χ0) is 11.6. The van der Waals surface area contributed by atoms with Crippen LogP contribution in [0.2, 0.25) is 0 Å². The smallest absolute Gasteiger partial charge is 0.0218 e. The zero-order valence-corrected chi connectivity index (χ0v) is 11.3. The molecule has 2 rings (SSSR count). The van der Waals surface area contributed by atoms with E-state index >= 15 is 0 Å². The van der Waals surface area contributed by atoms with Crippen molar-refractivity contribution in [2.75, 3.05) is 19.6 Å². The Morgan fingerprint density at radius 2 is 1.88 bits per heavy atom. The van der Waals surface area contributed by atoms with Crippen LogP contribution in [0.4, 0.5) is 0 Å². The molecule has 0 radical (unpaired) electrons. The minimum Gasteiger partial charge on any atom is -0.311 e. The molecular weight excluding hydrogens is 196 g/mol. The van der Waals surface area contributed by atoms with Crippen LogP contribution in [0.3, 0.4) is 0 Å². The molecule has 2 fully saturated rings. The van der Waals surface area contributed by atoms with Crippen molar-refractivity contribution in [3.8, 4) is 0 Å². The molecule has 1 heterocycles. The maximum Gasteiger partial charge on any atom is 0.0218 e. The fourth-order valence-corrected chi connectivity index (χ4v) is 3.34. The van der Waals surface area contributed by atoms with E-state index in [9.17, 15) is 0 Å². The van der Waals surface area contributed by atoms with Gasteiger partial charge in [0, 0.05) is 31.2 Å². The van der Waals surface area contributed by atoms with E-state index in [0.29, 0.717) is 11.6 Å². The van der Waals surface area contributed by atoms with Crippen LogP contribution in [0, 0.1) is 5.92 Å². The van der Waals surface area contributed by atoms with Gasteiger partial charge in [0.2, 0.25) is 0 Å². The second kappa shape index (κ2) is 5.05. The first-order valence-corrected chi connectivity index (χ1v) is 7.10. The summed E-state index contributed by atoms with van der Waals surface area (Å²) in [6.07, 6.45) is 7.16. The standard InChI is InChI=1S/C14H28N2/c1-12(2)13-11-16(10-9-15-13)14(3)7-5-4-6-8-14/h12-13,15H,4-11H2,1-3H3. The average Bonchev–Trinajstić information content (AvgIpc) is 2.30. The van der Waals surface area contributed by atoms with Crippen LogP contribution < -0.4 is 5.32 Å². The molecule has 0 aromatic rings. The molecule has 0 aromatic carbocycles. The van der Waals surface area contributed by atoms with Crippen LogP contribution in [0.5, 0.6) is 0 Å². The third kappa shape index (κ3) is 2.60. The van der Waals surface area contributed by atoms with Crippen molar-refractivity contribution >= 4 is 0 Å². The lowest BCUT2D eigenvalue weighted by Crippen LogP contribution is -2.60. The fourth-order valence-electron chi connectivity index (χ4n) is 3.34. The van der Waals surface area contributed by atoms with E-state index in [0.717, 1.165) is 5.92 Å². The van der Waals surface area contributed by atoms with Gasteiger partial charge in [0.05, 0.1) is 0 Å². The molecule has 2 heteroatoms. The summed E-state index contributed by atoms with van der Waals surface area (Å²) in [7, 11) is 0. The van der Waals surface area contributed by atoms with Gasteiger partial charge in [0.1, 0.15) is 0 Å². The van der Waals surface area contributed by atoms with Gasteiger partial charge in [-0.3, -0.25) is 4.90 Å². The SMILES string of the molecule is CC(C)C1CN(C2(C)CCCCC2)CCN1. The third-order valence-electron chi connectivity index (χ3n) is 4.70. The van der Waals surface area contributed by atoms with Crippen molar-refractivity contribution in [1.29, 1.82) is 0 Å². The van der Waals surface area contributed by atoms with Crippen LogP contribution in [-0.4, -0.2) is 36.1 Å². The molecule has 1 atom stereocenters. The lowest BCUT2D eigenvalue weighted by molar-refractivity contribution is 0.0322. The predicted octanol–water partition coefficient (Wildman–Crippen LogP) is 2.64. The van der Waals surface area contributed by atoms with Crippen LogP contribution >= 0.6 is 0 Å². The molecule has 0 spiro atoms. The molecule has 16 heavy (non-hydrogen) atoms. The highest BCUT2D eigenvalue weighted by molar-refractivity contribution is 4.93. The second-order valence-corrected chi connectivity index (χ2v) is 6.31. The molecule has 2 aliphatic rings. The average molecular weight is 224 g/mol. The molecule has 1 saturated carbocycles. The first-order chi connectivity index (χ1) is 7.62. The minimum atomic E-state index is 0.507. The highest BCUT2D eigenvalue weighted by Crippen LogP contribution is 2.34. The minimum absolute atomic E-state index is 0.507. The molecule has 0 amide bonds. The number of hydrogen-bond acceptors (Lipinski definition) is 2. The van der Waals surface area contributed by atoms with Crippen LogP contribution in [0.1, 0.15) is 52.9 Å².